The van der Waals surface area contributed by atoms with E-state index in [1.54, 1.807) is 6.08 Å². The lowest BCUT2D eigenvalue weighted by Gasteiger charge is -2.64. The van der Waals surface area contributed by atoms with Gasteiger partial charge >= 0.3 is 5.97 Å². The van der Waals surface area contributed by atoms with Crippen LogP contribution in [0.3, 0.4) is 0 Å². The van der Waals surface area contributed by atoms with Gasteiger partial charge in [0.05, 0.1) is 23.9 Å². The summed E-state index contributed by atoms with van der Waals surface area (Å²) in [4.78, 5) is 24.9. The minimum atomic E-state index is -1.96. The molecule has 0 aromatic carbocycles. The number of aliphatic hydroxyl groups excluding tert-OH is 1. The minimum Gasteiger partial charge on any atom is -0.458 e. The Labute approximate surface area is 222 Å². The molecule has 3 heterocycles. The molecule has 6 fully saturated rings. The Morgan fingerprint density at radius 2 is 1.84 bits per heavy atom. The molecule has 2 saturated heterocycles. The average molecular weight is 533 g/mol. The molecule has 9 nitrogen and oxygen atoms in total. The third-order valence-electron chi connectivity index (χ3n) is 12.1. The van der Waals surface area contributed by atoms with Crippen molar-refractivity contribution in [3.05, 3.63) is 11.6 Å². The van der Waals surface area contributed by atoms with Gasteiger partial charge in [-0.05, 0) is 87.5 Å². The van der Waals surface area contributed by atoms with E-state index in [1.165, 1.54) is 0 Å². The van der Waals surface area contributed by atoms with E-state index in [-0.39, 0.29) is 53.7 Å². The molecular formula is C29H40O9. The topological polar surface area (TPSA) is 132 Å². The maximum atomic E-state index is 13.1. The van der Waals surface area contributed by atoms with Gasteiger partial charge < -0.3 is 39.1 Å². The quantitative estimate of drug-likeness (QED) is 0.278. The van der Waals surface area contributed by atoms with Crippen molar-refractivity contribution < 1.29 is 43.9 Å². The Morgan fingerprint density at radius 1 is 1.03 bits per heavy atom. The van der Waals surface area contributed by atoms with Crippen molar-refractivity contribution in [1.82, 2.24) is 0 Å². The van der Waals surface area contributed by atoms with E-state index in [0.717, 1.165) is 44.0 Å². The van der Waals surface area contributed by atoms with Crippen LogP contribution in [0, 0.1) is 34.5 Å². The molecule has 0 radical (unpaired) electrons. The lowest BCUT2D eigenvalue weighted by atomic mass is 9.42. The highest BCUT2D eigenvalue weighted by molar-refractivity contribution is 5.85. The van der Waals surface area contributed by atoms with E-state index in [1.807, 2.05) is 6.92 Å². The molecule has 3 N–H and O–H groups in total. The molecular weight excluding hydrogens is 492 g/mol. The van der Waals surface area contributed by atoms with E-state index < -0.39 is 35.3 Å². The van der Waals surface area contributed by atoms with E-state index in [2.05, 4.69) is 6.92 Å². The molecule has 0 aromatic rings. The molecule has 0 spiro atoms. The number of carbonyl (C=O) groups excluding carboxylic acids is 2. The molecule has 0 aromatic heterocycles. The highest BCUT2D eigenvalue weighted by Crippen LogP contribution is 2.70. The van der Waals surface area contributed by atoms with Crippen molar-refractivity contribution in [3.8, 4) is 0 Å². The molecule has 4 saturated carbocycles. The predicted molar refractivity (Wildman–Crippen MR) is 131 cm³/mol. The maximum absolute atomic E-state index is 13.1. The molecule has 210 valence electrons. The summed E-state index contributed by atoms with van der Waals surface area (Å²) in [5.74, 6) is -2.11. The second-order valence-electron chi connectivity index (χ2n) is 13.6. The van der Waals surface area contributed by atoms with Gasteiger partial charge in [0.1, 0.15) is 19.0 Å². The predicted octanol–water partition coefficient (Wildman–Crippen LogP) is 2.00. The smallest absolute Gasteiger partial charge is 0.331 e. The van der Waals surface area contributed by atoms with Crippen LogP contribution in [0.25, 0.3) is 0 Å². The normalized spacial score (nSPS) is 57.4. The summed E-state index contributed by atoms with van der Waals surface area (Å²) in [7, 11) is 0. The van der Waals surface area contributed by atoms with E-state index in [4.69, 9.17) is 18.9 Å². The standard InChI is InChI=1S/C29H40O9/c1-15-9-23(31)29(34)25(36-15)37-21-11-17-3-4-20-19(27(17,14-30)12-22(21)38-29)5-7-26(2)18(6-8-28(20,26)33)16-10-24(32)35-13-16/h10,14-15,17-23,25,31,33-34H,3-9,11-13H2,1-2H3/t15-,17+,18-,19+,20-,21-,22-,23+,25+,26-,27-,28+,29+/m1/s1. The third kappa shape index (κ3) is 3.20. The van der Waals surface area contributed by atoms with Gasteiger partial charge in [-0.1, -0.05) is 6.92 Å². The molecule has 13 atom stereocenters. The number of fused-ring (bicyclic) bond motifs is 7. The molecule has 0 bridgehead atoms. The van der Waals surface area contributed by atoms with Gasteiger partial charge in [-0.3, -0.25) is 0 Å². The molecule has 3 aliphatic heterocycles. The number of cyclic esters (lactones) is 1. The van der Waals surface area contributed by atoms with Crippen molar-refractivity contribution >= 4 is 12.3 Å². The SMILES string of the molecule is C[C@@H]1C[C@H](O)[C@]2(O)O[C@@H]3C[C@@]4(C=O)[C@@H](CC[C@@H]5[C@@H]4CC[C@]4(C)[C@@H](C6=CC(=O)OC6)CC[C@]54O)C[C@H]3O[C@@H]2O1. The van der Waals surface area contributed by atoms with Crippen molar-refractivity contribution in [2.24, 2.45) is 34.5 Å². The van der Waals surface area contributed by atoms with Crippen molar-refractivity contribution in [2.45, 2.75) is 114 Å². The molecule has 0 unspecified atom stereocenters. The summed E-state index contributed by atoms with van der Waals surface area (Å²) < 4.78 is 23.5. The third-order valence-corrected chi connectivity index (χ3v) is 12.1. The van der Waals surface area contributed by atoms with E-state index >= 15 is 0 Å². The monoisotopic (exact) mass is 532 g/mol. The number of hydrogen-bond acceptors (Lipinski definition) is 9. The van der Waals surface area contributed by atoms with Gasteiger partial charge in [0, 0.05) is 23.3 Å². The fourth-order valence-corrected chi connectivity index (χ4v) is 10.2. The fourth-order valence-electron chi connectivity index (χ4n) is 10.2. The molecule has 4 aliphatic carbocycles. The summed E-state index contributed by atoms with van der Waals surface area (Å²) in [6, 6.07) is 0. The van der Waals surface area contributed by atoms with Gasteiger partial charge in [0.2, 0.25) is 12.1 Å². The molecule has 9 heteroatoms. The number of hydrogen-bond donors (Lipinski definition) is 3. The van der Waals surface area contributed by atoms with Crippen LogP contribution in [0.5, 0.6) is 0 Å². The van der Waals surface area contributed by atoms with Gasteiger partial charge in [-0.2, -0.15) is 0 Å². The Morgan fingerprint density at radius 3 is 2.58 bits per heavy atom. The highest BCUT2D eigenvalue weighted by Gasteiger charge is 2.70. The lowest BCUT2D eigenvalue weighted by molar-refractivity contribution is -0.457. The fraction of sp³-hybridized carbons (Fsp3) is 0.862. The number of aliphatic hydroxyl groups is 3. The zero-order chi connectivity index (χ0) is 26.7. The largest absolute Gasteiger partial charge is 0.458 e. The zero-order valence-corrected chi connectivity index (χ0v) is 22.2. The maximum Gasteiger partial charge on any atom is 0.331 e. The summed E-state index contributed by atoms with van der Waals surface area (Å²) in [6.45, 7) is 4.31. The molecule has 7 aliphatic rings. The molecule has 7 rings (SSSR count). The zero-order valence-electron chi connectivity index (χ0n) is 22.2. The first-order chi connectivity index (χ1) is 18.0. The first-order valence-corrected chi connectivity index (χ1v) is 14.5. The second kappa shape index (κ2) is 8.33. The number of esters is 1. The van der Waals surface area contributed by atoms with Gasteiger partial charge in [0.15, 0.2) is 0 Å². The summed E-state index contributed by atoms with van der Waals surface area (Å²) in [6.07, 6.45) is 5.34. The van der Waals surface area contributed by atoms with Crippen molar-refractivity contribution in [1.29, 1.82) is 0 Å². The van der Waals surface area contributed by atoms with Crippen LogP contribution in [-0.4, -0.2) is 76.3 Å². The molecule has 38 heavy (non-hydrogen) atoms. The van der Waals surface area contributed by atoms with Crippen LogP contribution >= 0.6 is 0 Å². The average Bonchev–Trinajstić information content (AvgIpc) is 3.42. The summed E-state index contributed by atoms with van der Waals surface area (Å²) in [5, 5.41) is 34.4. The van der Waals surface area contributed by atoms with Crippen LogP contribution in [0.2, 0.25) is 0 Å². The van der Waals surface area contributed by atoms with Crippen LogP contribution < -0.4 is 0 Å². The number of carbonyl (C=O) groups is 2. The van der Waals surface area contributed by atoms with Crippen LogP contribution in [-0.2, 0) is 28.5 Å². The summed E-state index contributed by atoms with van der Waals surface area (Å²) in [5.41, 5.74) is -1.01. The number of ether oxygens (including phenoxy) is 4. The second-order valence-corrected chi connectivity index (χ2v) is 13.6. The van der Waals surface area contributed by atoms with E-state index in [0.29, 0.717) is 25.9 Å². The Bertz CT molecular complexity index is 1060. The number of aldehydes is 1. The van der Waals surface area contributed by atoms with Crippen molar-refractivity contribution in [3.63, 3.8) is 0 Å². The number of rotatable bonds is 2. The van der Waals surface area contributed by atoms with Crippen molar-refractivity contribution in [2.75, 3.05) is 6.61 Å². The van der Waals surface area contributed by atoms with Gasteiger partial charge in [0.25, 0.3) is 0 Å². The van der Waals surface area contributed by atoms with Gasteiger partial charge in [-0.15, -0.1) is 0 Å². The Balaban J connectivity index is 1.18. The Hall–Kier alpha value is -1.36. The summed E-state index contributed by atoms with van der Waals surface area (Å²) >= 11 is 0. The first-order valence-electron chi connectivity index (χ1n) is 14.5. The lowest BCUT2D eigenvalue weighted by Crippen LogP contribution is -2.71. The minimum absolute atomic E-state index is 0.00418. The van der Waals surface area contributed by atoms with E-state index in [9.17, 15) is 24.9 Å². The Kier molecular flexibility index (Phi) is 5.61. The van der Waals surface area contributed by atoms with Crippen LogP contribution in [0.15, 0.2) is 11.6 Å². The first kappa shape index (κ1) is 25.6. The highest BCUT2D eigenvalue weighted by atomic mass is 16.8. The van der Waals surface area contributed by atoms with Gasteiger partial charge in [-0.25, -0.2) is 4.79 Å². The molecule has 0 amide bonds. The van der Waals surface area contributed by atoms with Crippen LogP contribution in [0.1, 0.15) is 71.6 Å². The van der Waals surface area contributed by atoms with Crippen LogP contribution in [0.4, 0.5) is 0 Å².